The molecular weight excluding hydrogens is 290 g/mol. The fraction of sp³-hybridized carbons (Fsp3) is 0.133. The van der Waals surface area contributed by atoms with Gasteiger partial charge < -0.3 is 9.90 Å². The van der Waals surface area contributed by atoms with E-state index in [1.54, 1.807) is 48.5 Å². The van der Waals surface area contributed by atoms with Crippen LogP contribution < -0.4 is 9.83 Å². The van der Waals surface area contributed by atoms with Crippen molar-refractivity contribution in [2.45, 2.75) is 17.4 Å². The van der Waals surface area contributed by atoms with Gasteiger partial charge in [-0.15, -0.1) is 0 Å². The highest BCUT2D eigenvalue weighted by Crippen LogP contribution is 2.19. The van der Waals surface area contributed by atoms with Crippen molar-refractivity contribution in [3.05, 3.63) is 66.2 Å². The minimum Gasteiger partial charge on any atom is -0.550 e. The van der Waals surface area contributed by atoms with E-state index >= 15 is 0 Å². The Morgan fingerprint density at radius 2 is 1.52 bits per heavy atom. The predicted molar refractivity (Wildman–Crippen MR) is 75.6 cm³/mol. The molecule has 0 unspecified atom stereocenters. The zero-order chi connectivity index (χ0) is 15.3. The summed E-state index contributed by atoms with van der Waals surface area (Å²) in [6.45, 7) is 0. The number of hydrogen-bond donors (Lipinski definition) is 1. The smallest absolute Gasteiger partial charge is 0.241 e. The van der Waals surface area contributed by atoms with E-state index in [-0.39, 0.29) is 4.90 Å². The average molecular weight is 304 g/mol. The Morgan fingerprint density at radius 3 is 2.05 bits per heavy atom. The molecule has 0 aliphatic carbocycles. The van der Waals surface area contributed by atoms with Crippen LogP contribution in [0.25, 0.3) is 0 Å². The van der Waals surface area contributed by atoms with Crippen LogP contribution in [-0.4, -0.2) is 14.4 Å². The maximum atomic E-state index is 12.3. The molecule has 110 valence electrons. The van der Waals surface area contributed by atoms with Crippen LogP contribution in [0.3, 0.4) is 0 Å². The summed E-state index contributed by atoms with van der Waals surface area (Å²) in [6, 6.07) is 15.5. The minimum atomic E-state index is -3.79. The first-order chi connectivity index (χ1) is 9.99. The molecule has 21 heavy (non-hydrogen) atoms. The van der Waals surface area contributed by atoms with Crippen LogP contribution in [0.4, 0.5) is 0 Å². The third-order valence-corrected chi connectivity index (χ3v) is 4.41. The molecule has 2 rings (SSSR count). The van der Waals surface area contributed by atoms with Crippen LogP contribution >= 0.6 is 0 Å². The number of aliphatic carboxylic acids is 1. The summed E-state index contributed by atoms with van der Waals surface area (Å²) in [6.07, 6.45) is -0.434. The van der Waals surface area contributed by atoms with Gasteiger partial charge in [0.25, 0.3) is 0 Å². The Morgan fingerprint density at radius 1 is 1.00 bits per heavy atom. The lowest BCUT2D eigenvalue weighted by Crippen LogP contribution is -2.34. The van der Waals surface area contributed by atoms with Crippen LogP contribution in [0.1, 0.15) is 18.0 Å². The second kappa shape index (κ2) is 6.51. The molecule has 0 saturated heterocycles. The molecule has 0 bridgehead atoms. The van der Waals surface area contributed by atoms with Crippen molar-refractivity contribution < 1.29 is 18.3 Å². The zero-order valence-corrected chi connectivity index (χ0v) is 11.9. The number of rotatable bonds is 6. The first kappa shape index (κ1) is 15.2. The van der Waals surface area contributed by atoms with Crippen molar-refractivity contribution in [1.29, 1.82) is 0 Å². The number of benzene rings is 2. The van der Waals surface area contributed by atoms with Gasteiger partial charge in [-0.1, -0.05) is 48.5 Å². The molecule has 0 spiro atoms. The standard InChI is InChI=1S/C15H15NO4S/c17-15(18)11-14(12-7-3-1-4-8-12)16-21(19,20)13-9-5-2-6-10-13/h1-10,14,16H,11H2,(H,17,18)/p-1/t14-/m1/s1. The molecule has 0 aromatic heterocycles. The molecule has 0 amide bonds. The van der Waals surface area contributed by atoms with Gasteiger partial charge in [-0.05, 0) is 17.7 Å². The molecule has 1 atom stereocenters. The molecule has 0 heterocycles. The number of nitrogens with one attached hydrogen (secondary N) is 1. The molecule has 5 nitrogen and oxygen atoms in total. The maximum Gasteiger partial charge on any atom is 0.241 e. The summed E-state index contributed by atoms with van der Waals surface area (Å²) in [7, 11) is -3.79. The number of carbonyl (C=O) groups is 1. The van der Waals surface area contributed by atoms with Crippen LogP contribution in [-0.2, 0) is 14.8 Å². The zero-order valence-electron chi connectivity index (χ0n) is 11.1. The van der Waals surface area contributed by atoms with Gasteiger partial charge in [-0.2, -0.15) is 0 Å². The maximum absolute atomic E-state index is 12.3. The summed E-state index contributed by atoms with van der Waals surface area (Å²) >= 11 is 0. The van der Waals surface area contributed by atoms with Crippen molar-refractivity contribution in [2.24, 2.45) is 0 Å². The van der Waals surface area contributed by atoms with Gasteiger partial charge in [0, 0.05) is 12.4 Å². The molecule has 0 aliphatic rings. The molecular formula is C15H14NO4S-. The Balaban J connectivity index is 2.29. The van der Waals surface area contributed by atoms with Gasteiger partial charge in [-0.25, -0.2) is 13.1 Å². The number of carboxylic acids is 1. The lowest BCUT2D eigenvalue weighted by atomic mass is 10.1. The van der Waals surface area contributed by atoms with Crippen molar-refractivity contribution in [2.75, 3.05) is 0 Å². The Bertz CT molecular complexity index is 699. The first-order valence-corrected chi connectivity index (χ1v) is 7.79. The highest BCUT2D eigenvalue weighted by molar-refractivity contribution is 7.89. The highest BCUT2D eigenvalue weighted by Gasteiger charge is 2.21. The fourth-order valence-electron chi connectivity index (χ4n) is 1.93. The largest absolute Gasteiger partial charge is 0.550 e. The number of carboxylic acid groups (broad SMARTS) is 1. The average Bonchev–Trinajstić information content (AvgIpc) is 2.48. The minimum absolute atomic E-state index is 0.0873. The summed E-state index contributed by atoms with van der Waals surface area (Å²) in [5.74, 6) is -1.32. The van der Waals surface area contributed by atoms with Gasteiger partial charge in [-0.3, -0.25) is 0 Å². The molecule has 2 aromatic rings. The van der Waals surface area contributed by atoms with Gasteiger partial charge in [0.15, 0.2) is 0 Å². The number of hydrogen-bond acceptors (Lipinski definition) is 4. The fourth-order valence-corrected chi connectivity index (χ4v) is 3.18. The summed E-state index contributed by atoms with van der Waals surface area (Å²) in [4.78, 5) is 10.9. The summed E-state index contributed by atoms with van der Waals surface area (Å²) in [5, 5.41) is 10.9. The predicted octanol–water partition coefficient (Wildman–Crippen LogP) is 0.846. The van der Waals surface area contributed by atoms with E-state index in [4.69, 9.17) is 0 Å². The summed E-state index contributed by atoms with van der Waals surface area (Å²) < 4.78 is 27.0. The monoisotopic (exact) mass is 304 g/mol. The van der Waals surface area contributed by atoms with Gasteiger partial charge >= 0.3 is 0 Å². The van der Waals surface area contributed by atoms with Gasteiger partial charge in [0.05, 0.1) is 10.9 Å². The van der Waals surface area contributed by atoms with E-state index < -0.39 is 28.5 Å². The van der Waals surface area contributed by atoms with E-state index in [0.29, 0.717) is 5.56 Å². The lowest BCUT2D eigenvalue weighted by Gasteiger charge is -2.19. The van der Waals surface area contributed by atoms with Crippen molar-refractivity contribution in [3.63, 3.8) is 0 Å². The summed E-state index contributed by atoms with van der Waals surface area (Å²) in [5.41, 5.74) is 0.571. The normalized spacial score (nSPS) is 12.8. The lowest BCUT2D eigenvalue weighted by molar-refractivity contribution is -0.306. The second-order valence-corrected chi connectivity index (χ2v) is 6.19. The second-order valence-electron chi connectivity index (χ2n) is 4.47. The Hall–Kier alpha value is -2.18. The Kier molecular flexibility index (Phi) is 4.72. The van der Waals surface area contributed by atoms with Gasteiger partial charge in [0.1, 0.15) is 0 Å². The highest BCUT2D eigenvalue weighted by atomic mass is 32.2. The van der Waals surface area contributed by atoms with E-state index in [0.717, 1.165) is 0 Å². The first-order valence-electron chi connectivity index (χ1n) is 6.31. The van der Waals surface area contributed by atoms with Crippen LogP contribution in [0, 0.1) is 0 Å². The number of sulfonamides is 1. The molecule has 0 radical (unpaired) electrons. The third kappa shape index (κ3) is 4.14. The van der Waals surface area contributed by atoms with Crippen LogP contribution in [0.2, 0.25) is 0 Å². The quantitative estimate of drug-likeness (QED) is 0.857. The molecule has 0 fully saturated rings. The number of carbonyl (C=O) groups excluding carboxylic acids is 1. The van der Waals surface area contributed by atoms with Crippen LogP contribution in [0.15, 0.2) is 65.6 Å². The van der Waals surface area contributed by atoms with E-state index in [9.17, 15) is 18.3 Å². The van der Waals surface area contributed by atoms with Crippen molar-refractivity contribution in [1.82, 2.24) is 4.72 Å². The van der Waals surface area contributed by atoms with E-state index in [1.165, 1.54) is 12.1 Å². The molecule has 2 aromatic carbocycles. The molecule has 0 aliphatic heterocycles. The van der Waals surface area contributed by atoms with Crippen LogP contribution in [0.5, 0.6) is 0 Å². The van der Waals surface area contributed by atoms with Crippen molar-refractivity contribution in [3.8, 4) is 0 Å². The SMILES string of the molecule is O=C([O-])C[C@@H](NS(=O)(=O)c1ccccc1)c1ccccc1. The Labute approximate surface area is 123 Å². The van der Waals surface area contributed by atoms with Gasteiger partial charge in [0.2, 0.25) is 10.0 Å². The van der Waals surface area contributed by atoms with E-state index in [1.807, 2.05) is 0 Å². The van der Waals surface area contributed by atoms with E-state index in [2.05, 4.69) is 4.72 Å². The third-order valence-electron chi connectivity index (χ3n) is 2.92. The molecule has 6 heteroatoms. The topological polar surface area (TPSA) is 86.3 Å². The van der Waals surface area contributed by atoms with Crippen molar-refractivity contribution >= 4 is 16.0 Å². The molecule has 1 N–H and O–H groups in total. The molecule has 0 saturated carbocycles.